The molecule has 0 radical (unpaired) electrons. The lowest BCUT2D eigenvalue weighted by Crippen LogP contribution is -2.02. The maximum atomic E-state index is 14.0. The van der Waals surface area contributed by atoms with E-state index < -0.39 is 23.1 Å². The third-order valence-electron chi connectivity index (χ3n) is 3.87. The van der Waals surface area contributed by atoms with Gasteiger partial charge in [0, 0.05) is 39.0 Å². The van der Waals surface area contributed by atoms with E-state index in [0.29, 0.717) is 28.4 Å². The van der Waals surface area contributed by atoms with Crippen molar-refractivity contribution in [2.75, 3.05) is 5.32 Å². The van der Waals surface area contributed by atoms with Crippen LogP contribution in [0.2, 0.25) is 5.15 Å². The molecule has 0 saturated heterocycles. The van der Waals surface area contributed by atoms with Crippen LogP contribution in [0.1, 0.15) is 0 Å². The van der Waals surface area contributed by atoms with Gasteiger partial charge in [0.1, 0.15) is 22.5 Å². The van der Waals surface area contributed by atoms with Crippen LogP contribution in [0, 0.1) is 17.5 Å². The van der Waals surface area contributed by atoms with Crippen molar-refractivity contribution in [2.24, 2.45) is 0 Å². The predicted octanol–water partition coefficient (Wildman–Crippen LogP) is 6.36. The van der Waals surface area contributed by atoms with Crippen LogP contribution in [-0.2, 0) is 0 Å². The highest BCUT2D eigenvalue weighted by Gasteiger charge is 2.17. The summed E-state index contributed by atoms with van der Waals surface area (Å²) in [7, 11) is 0. The molecule has 2 aromatic carbocycles. The minimum Gasteiger partial charge on any atom is -0.335 e. The molecule has 26 heavy (non-hydrogen) atoms. The normalized spacial score (nSPS) is 11.3. The third kappa shape index (κ3) is 2.87. The molecule has 4 rings (SSSR count). The Hall–Kier alpha value is -2.38. The molecule has 0 aliphatic rings. The summed E-state index contributed by atoms with van der Waals surface area (Å²) in [6, 6.07) is 8.19. The maximum Gasteiger partial charge on any atom is 0.152 e. The summed E-state index contributed by atoms with van der Waals surface area (Å²) in [6.45, 7) is 0. The summed E-state index contributed by atoms with van der Waals surface area (Å²) in [4.78, 5) is 8.52. The highest BCUT2D eigenvalue weighted by molar-refractivity contribution is 9.10. The van der Waals surface area contributed by atoms with E-state index in [-0.39, 0.29) is 11.0 Å². The van der Waals surface area contributed by atoms with Gasteiger partial charge in [-0.3, -0.25) is 0 Å². The number of halogens is 5. The van der Waals surface area contributed by atoms with Crippen LogP contribution >= 0.6 is 27.5 Å². The molecule has 0 fully saturated rings. The van der Waals surface area contributed by atoms with Gasteiger partial charge in [-0.25, -0.2) is 23.1 Å². The Morgan fingerprint density at radius 3 is 2.42 bits per heavy atom. The van der Waals surface area contributed by atoms with E-state index in [4.69, 9.17) is 11.6 Å². The van der Waals surface area contributed by atoms with Gasteiger partial charge in [-0.15, -0.1) is 0 Å². The number of fused-ring (bicyclic) bond motifs is 3. The molecule has 130 valence electrons. The second-order valence-electron chi connectivity index (χ2n) is 5.52. The molecule has 3 nitrogen and oxygen atoms in total. The molecule has 8 heteroatoms. The fourth-order valence-electron chi connectivity index (χ4n) is 2.75. The first-order valence-electron chi connectivity index (χ1n) is 7.39. The Kier molecular flexibility index (Phi) is 4.20. The highest BCUT2D eigenvalue weighted by Crippen LogP contribution is 2.36. The smallest absolute Gasteiger partial charge is 0.152 e. The summed E-state index contributed by atoms with van der Waals surface area (Å²) in [5, 5.41) is 4.70. The second-order valence-corrected chi connectivity index (χ2v) is 6.79. The van der Waals surface area contributed by atoms with E-state index in [1.54, 1.807) is 18.2 Å². The number of benzene rings is 2. The van der Waals surface area contributed by atoms with Gasteiger partial charge in [0.25, 0.3) is 0 Å². The molecule has 2 heterocycles. The van der Waals surface area contributed by atoms with Crippen molar-refractivity contribution >= 4 is 60.7 Å². The summed E-state index contributed by atoms with van der Waals surface area (Å²) < 4.78 is 42.0. The standard InChI is InChI=1S/C18H8BrClF3N3/c19-8-1-2-14-11(5-8)15-10(3-4-24-17(15)20)18(25-14)26-16-12(22)6-9(21)7-13(16)23/h1-7H,(H,25,26). The first-order chi connectivity index (χ1) is 12.4. The SMILES string of the molecule is Fc1cc(F)c(Nc2nc3ccc(Br)cc3c3c(Cl)nccc23)c(F)c1. The molecule has 0 amide bonds. The summed E-state index contributed by atoms with van der Waals surface area (Å²) in [5.41, 5.74) is 0.0608. The molecule has 2 aromatic heterocycles. The Morgan fingerprint density at radius 2 is 1.69 bits per heavy atom. The number of nitrogens with zero attached hydrogens (tertiary/aromatic N) is 2. The van der Waals surface area contributed by atoms with E-state index in [1.807, 2.05) is 6.07 Å². The van der Waals surface area contributed by atoms with E-state index in [1.165, 1.54) is 6.20 Å². The van der Waals surface area contributed by atoms with Gasteiger partial charge in [0.2, 0.25) is 0 Å². The van der Waals surface area contributed by atoms with Crippen LogP contribution < -0.4 is 5.32 Å². The largest absolute Gasteiger partial charge is 0.335 e. The molecule has 0 aliphatic carbocycles. The van der Waals surface area contributed by atoms with Gasteiger partial charge < -0.3 is 5.32 Å². The van der Waals surface area contributed by atoms with Crippen LogP contribution in [0.4, 0.5) is 24.7 Å². The van der Waals surface area contributed by atoms with Crippen LogP contribution in [0.15, 0.2) is 47.1 Å². The third-order valence-corrected chi connectivity index (χ3v) is 4.65. The molecule has 0 spiro atoms. The Morgan fingerprint density at radius 1 is 0.962 bits per heavy atom. The van der Waals surface area contributed by atoms with Crippen molar-refractivity contribution < 1.29 is 13.2 Å². The summed E-state index contributed by atoms with van der Waals surface area (Å²) >= 11 is 9.67. The Balaban J connectivity index is 2.01. The van der Waals surface area contributed by atoms with Gasteiger partial charge in [-0.05, 0) is 24.3 Å². The van der Waals surface area contributed by atoms with Crippen LogP contribution in [0.3, 0.4) is 0 Å². The van der Waals surface area contributed by atoms with Crippen molar-refractivity contribution in [3.63, 3.8) is 0 Å². The lowest BCUT2D eigenvalue weighted by molar-refractivity contribution is 0.549. The number of hydrogen-bond donors (Lipinski definition) is 1. The Labute approximate surface area is 159 Å². The second kappa shape index (κ2) is 6.41. The zero-order chi connectivity index (χ0) is 18.4. The highest BCUT2D eigenvalue weighted by atomic mass is 79.9. The number of nitrogens with one attached hydrogen (secondary N) is 1. The number of aromatic nitrogens is 2. The van der Waals surface area contributed by atoms with Crippen molar-refractivity contribution in [2.45, 2.75) is 0 Å². The minimum atomic E-state index is -1.06. The topological polar surface area (TPSA) is 37.8 Å². The molecule has 0 bridgehead atoms. The predicted molar refractivity (Wildman–Crippen MR) is 99.4 cm³/mol. The lowest BCUT2D eigenvalue weighted by atomic mass is 10.1. The zero-order valence-corrected chi connectivity index (χ0v) is 15.2. The zero-order valence-electron chi connectivity index (χ0n) is 12.8. The van der Waals surface area contributed by atoms with Gasteiger partial charge in [-0.2, -0.15) is 0 Å². The number of hydrogen-bond acceptors (Lipinski definition) is 3. The van der Waals surface area contributed by atoms with Gasteiger partial charge >= 0.3 is 0 Å². The average molecular weight is 439 g/mol. The molecule has 4 aromatic rings. The number of pyridine rings is 2. The van der Waals surface area contributed by atoms with Crippen LogP contribution in [0.5, 0.6) is 0 Å². The fourth-order valence-corrected chi connectivity index (χ4v) is 3.37. The van der Waals surface area contributed by atoms with Crippen molar-refractivity contribution in [3.8, 4) is 0 Å². The molecule has 0 unspecified atom stereocenters. The molecular weight excluding hydrogens is 431 g/mol. The lowest BCUT2D eigenvalue weighted by Gasteiger charge is -2.13. The van der Waals surface area contributed by atoms with Crippen molar-refractivity contribution in [3.05, 3.63) is 69.7 Å². The quantitative estimate of drug-likeness (QED) is 0.292. The summed E-state index contributed by atoms with van der Waals surface area (Å²) in [6.07, 6.45) is 1.47. The molecule has 0 aliphatic heterocycles. The van der Waals surface area contributed by atoms with Crippen LogP contribution in [0.25, 0.3) is 21.7 Å². The monoisotopic (exact) mass is 437 g/mol. The van der Waals surface area contributed by atoms with E-state index in [2.05, 4.69) is 31.2 Å². The van der Waals surface area contributed by atoms with E-state index in [0.717, 1.165) is 9.86 Å². The van der Waals surface area contributed by atoms with Crippen LogP contribution in [-0.4, -0.2) is 9.97 Å². The summed E-state index contributed by atoms with van der Waals surface area (Å²) in [5.74, 6) is -2.94. The van der Waals surface area contributed by atoms with E-state index >= 15 is 0 Å². The minimum absolute atomic E-state index is 0.184. The molecular formula is C18H8BrClF3N3. The Bertz CT molecular complexity index is 1160. The fraction of sp³-hybridized carbons (Fsp3) is 0. The van der Waals surface area contributed by atoms with Gasteiger partial charge in [0.15, 0.2) is 11.6 Å². The van der Waals surface area contributed by atoms with E-state index in [9.17, 15) is 13.2 Å². The molecule has 1 N–H and O–H groups in total. The van der Waals surface area contributed by atoms with Crippen molar-refractivity contribution in [1.29, 1.82) is 0 Å². The number of rotatable bonds is 2. The van der Waals surface area contributed by atoms with Crippen molar-refractivity contribution in [1.82, 2.24) is 9.97 Å². The van der Waals surface area contributed by atoms with Gasteiger partial charge in [-0.1, -0.05) is 27.5 Å². The number of anilines is 2. The first kappa shape index (κ1) is 17.1. The molecule has 0 atom stereocenters. The maximum absolute atomic E-state index is 14.0. The average Bonchev–Trinajstić information content (AvgIpc) is 2.58. The molecule has 0 saturated carbocycles. The first-order valence-corrected chi connectivity index (χ1v) is 8.56. The van der Waals surface area contributed by atoms with Gasteiger partial charge in [0.05, 0.1) is 5.52 Å².